The zero-order valence-corrected chi connectivity index (χ0v) is 16.5. The Kier molecular flexibility index (Phi) is 5.72. The molecule has 1 amide bonds. The first-order valence-corrected chi connectivity index (χ1v) is 9.61. The molecule has 1 heterocycles. The highest BCUT2D eigenvalue weighted by molar-refractivity contribution is 6.15. The predicted octanol–water partition coefficient (Wildman–Crippen LogP) is 3.19. The molecule has 7 heteroatoms. The maximum atomic E-state index is 12.7. The smallest absolute Gasteiger partial charge is 0.350 e. The molecule has 1 aliphatic carbocycles. The molecule has 7 nitrogen and oxygen atoms in total. The van der Waals surface area contributed by atoms with Crippen LogP contribution in [0, 0.1) is 6.92 Å². The third-order valence-electron chi connectivity index (χ3n) is 5.01. The summed E-state index contributed by atoms with van der Waals surface area (Å²) in [6.45, 7) is 4.80. The van der Waals surface area contributed by atoms with Crippen molar-refractivity contribution in [1.82, 2.24) is 5.32 Å². The molecule has 0 radical (unpaired) electrons. The van der Waals surface area contributed by atoms with E-state index in [-0.39, 0.29) is 17.5 Å². The van der Waals surface area contributed by atoms with Gasteiger partial charge in [0.1, 0.15) is 0 Å². The molecule has 1 saturated carbocycles. The molecule has 0 spiro atoms. The lowest BCUT2D eigenvalue weighted by molar-refractivity contribution is -0.222. The number of amides is 1. The highest BCUT2D eigenvalue weighted by atomic mass is 16.7. The van der Waals surface area contributed by atoms with E-state index in [1.807, 2.05) is 6.92 Å². The number of hydrogen-bond donors (Lipinski definition) is 2. The van der Waals surface area contributed by atoms with E-state index in [4.69, 9.17) is 9.47 Å². The van der Waals surface area contributed by atoms with Gasteiger partial charge in [-0.2, -0.15) is 0 Å². The Bertz CT molecular complexity index is 800. The van der Waals surface area contributed by atoms with E-state index < -0.39 is 17.7 Å². The molecule has 3 rings (SSSR count). The average Bonchev–Trinajstić information content (AvgIpc) is 2.62. The SMILES string of the molecule is Cc1c(NC=C2C(=O)OC(C)(C)OC2=O)cccc1C(=O)NC1CCCCC1. The predicted molar refractivity (Wildman–Crippen MR) is 103 cm³/mol. The number of anilines is 1. The van der Waals surface area contributed by atoms with Crippen LogP contribution in [0.3, 0.4) is 0 Å². The minimum atomic E-state index is -1.28. The first-order chi connectivity index (χ1) is 13.3. The lowest BCUT2D eigenvalue weighted by atomic mass is 9.95. The molecule has 0 bridgehead atoms. The van der Waals surface area contributed by atoms with Gasteiger partial charge in [-0.05, 0) is 37.5 Å². The van der Waals surface area contributed by atoms with E-state index in [1.54, 1.807) is 18.2 Å². The molecule has 28 heavy (non-hydrogen) atoms. The number of cyclic esters (lactones) is 2. The van der Waals surface area contributed by atoms with E-state index >= 15 is 0 Å². The Morgan fingerprint density at radius 3 is 2.39 bits per heavy atom. The number of benzene rings is 1. The molecule has 0 aromatic heterocycles. The standard InChI is InChI=1S/C21H26N2O5/c1-13-15(18(24)23-14-8-5-4-6-9-14)10-7-11-17(13)22-12-16-19(25)27-21(2,3)28-20(16)26/h7,10-12,14,22H,4-6,8-9H2,1-3H3,(H,23,24). The summed E-state index contributed by atoms with van der Waals surface area (Å²) < 4.78 is 10.1. The fourth-order valence-electron chi connectivity index (χ4n) is 3.48. The van der Waals surface area contributed by atoms with Gasteiger partial charge in [0.15, 0.2) is 5.57 Å². The summed E-state index contributed by atoms with van der Waals surface area (Å²) in [5.41, 5.74) is 1.68. The first kappa shape index (κ1) is 19.9. The monoisotopic (exact) mass is 386 g/mol. The van der Waals surface area contributed by atoms with Gasteiger partial charge in [0.25, 0.3) is 11.7 Å². The quantitative estimate of drug-likeness (QED) is 0.469. The van der Waals surface area contributed by atoms with Crippen LogP contribution in [-0.2, 0) is 19.1 Å². The van der Waals surface area contributed by atoms with Gasteiger partial charge in [-0.1, -0.05) is 25.3 Å². The van der Waals surface area contributed by atoms with Gasteiger partial charge in [0.2, 0.25) is 0 Å². The van der Waals surface area contributed by atoms with Crippen LogP contribution < -0.4 is 10.6 Å². The van der Waals surface area contributed by atoms with Gasteiger partial charge in [-0.15, -0.1) is 0 Å². The summed E-state index contributed by atoms with van der Waals surface area (Å²) >= 11 is 0. The lowest BCUT2D eigenvalue weighted by Gasteiger charge is -2.29. The van der Waals surface area contributed by atoms with Gasteiger partial charge in [0.05, 0.1) is 0 Å². The Balaban J connectivity index is 1.73. The Morgan fingerprint density at radius 1 is 1.11 bits per heavy atom. The summed E-state index contributed by atoms with van der Waals surface area (Å²) in [7, 11) is 0. The molecule has 2 N–H and O–H groups in total. The zero-order chi connectivity index (χ0) is 20.3. The second-order valence-corrected chi connectivity index (χ2v) is 7.67. The van der Waals surface area contributed by atoms with Crippen molar-refractivity contribution in [3.8, 4) is 0 Å². The Hall–Kier alpha value is -2.83. The van der Waals surface area contributed by atoms with Crippen LogP contribution >= 0.6 is 0 Å². The molecule has 1 aliphatic heterocycles. The topological polar surface area (TPSA) is 93.7 Å². The third-order valence-corrected chi connectivity index (χ3v) is 5.01. The molecule has 2 aliphatic rings. The van der Waals surface area contributed by atoms with E-state index in [0.717, 1.165) is 31.2 Å². The highest BCUT2D eigenvalue weighted by Gasteiger charge is 2.39. The number of hydrogen-bond acceptors (Lipinski definition) is 6. The van der Waals surface area contributed by atoms with E-state index in [2.05, 4.69) is 10.6 Å². The normalized spacial score (nSPS) is 19.5. The van der Waals surface area contributed by atoms with Crippen molar-refractivity contribution in [2.24, 2.45) is 0 Å². The van der Waals surface area contributed by atoms with Crippen LogP contribution in [0.4, 0.5) is 5.69 Å². The number of rotatable bonds is 4. The van der Waals surface area contributed by atoms with Gasteiger partial charge in [-0.3, -0.25) is 4.79 Å². The van der Waals surface area contributed by atoms with Crippen LogP contribution in [-0.4, -0.2) is 29.7 Å². The van der Waals surface area contributed by atoms with Crippen molar-refractivity contribution >= 4 is 23.5 Å². The second-order valence-electron chi connectivity index (χ2n) is 7.67. The van der Waals surface area contributed by atoms with Crippen LogP contribution in [0.15, 0.2) is 30.0 Å². The minimum Gasteiger partial charge on any atom is -0.419 e. The van der Waals surface area contributed by atoms with Gasteiger partial charge < -0.3 is 20.1 Å². The number of ether oxygens (including phenoxy) is 2. The number of esters is 2. The fourth-order valence-corrected chi connectivity index (χ4v) is 3.48. The van der Waals surface area contributed by atoms with Gasteiger partial charge >= 0.3 is 11.9 Å². The molecular weight excluding hydrogens is 360 g/mol. The number of carbonyl (C=O) groups is 3. The molecule has 2 fully saturated rings. The molecule has 150 valence electrons. The average molecular weight is 386 g/mol. The minimum absolute atomic E-state index is 0.112. The molecule has 0 atom stereocenters. The molecule has 0 unspecified atom stereocenters. The molecule has 1 aromatic carbocycles. The van der Waals surface area contributed by atoms with Crippen molar-refractivity contribution in [1.29, 1.82) is 0 Å². The van der Waals surface area contributed by atoms with Crippen LogP contribution in [0.5, 0.6) is 0 Å². The summed E-state index contributed by atoms with van der Waals surface area (Å²) in [5.74, 6) is -2.90. The first-order valence-electron chi connectivity index (χ1n) is 9.61. The van der Waals surface area contributed by atoms with Crippen LogP contribution in [0.25, 0.3) is 0 Å². The molecule has 1 aromatic rings. The van der Waals surface area contributed by atoms with Crippen LogP contribution in [0.1, 0.15) is 61.9 Å². The van der Waals surface area contributed by atoms with Crippen LogP contribution in [0.2, 0.25) is 0 Å². The van der Waals surface area contributed by atoms with E-state index in [9.17, 15) is 14.4 Å². The van der Waals surface area contributed by atoms with Crippen molar-refractivity contribution < 1.29 is 23.9 Å². The fraction of sp³-hybridized carbons (Fsp3) is 0.476. The largest absolute Gasteiger partial charge is 0.419 e. The summed E-state index contributed by atoms with van der Waals surface area (Å²) in [6, 6.07) is 5.50. The van der Waals surface area contributed by atoms with Crippen molar-refractivity contribution in [2.75, 3.05) is 5.32 Å². The third kappa shape index (κ3) is 4.52. The van der Waals surface area contributed by atoms with E-state index in [1.165, 1.54) is 26.5 Å². The summed E-state index contributed by atoms with van der Waals surface area (Å²) in [5, 5.41) is 6.03. The summed E-state index contributed by atoms with van der Waals surface area (Å²) in [6.07, 6.45) is 6.78. The molecular formula is C21H26N2O5. The Labute approximate surface area is 164 Å². The molecule has 1 saturated heterocycles. The van der Waals surface area contributed by atoms with Crippen molar-refractivity contribution in [3.63, 3.8) is 0 Å². The second kappa shape index (κ2) is 8.04. The maximum absolute atomic E-state index is 12.7. The van der Waals surface area contributed by atoms with E-state index in [0.29, 0.717) is 11.3 Å². The van der Waals surface area contributed by atoms with Gasteiger partial charge in [-0.25, -0.2) is 9.59 Å². The highest BCUT2D eigenvalue weighted by Crippen LogP contribution is 2.24. The summed E-state index contributed by atoms with van der Waals surface area (Å²) in [4.78, 5) is 36.7. The Morgan fingerprint density at radius 2 is 1.75 bits per heavy atom. The van der Waals surface area contributed by atoms with Gasteiger partial charge in [0, 0.05) is 37.3 Å². The van der Waals surface area contributed by atoms with Crippen molar-refractivity contribution in [3.05, 3.63) is 41.1 Å². The number of carbonyl (C=O) groups excluding carboxylic acids is 3. The van der Waals surface area contributed by atoms with Crippen molar-refractivity contribution in [2.45, 2.75) is 64.7 Å². The maximum Gasteiger partial charge on any atom is 0.350 e. The lowest BCUT2D eigenvalue weighted by Crippen LogP contribution is -2.42. The zero-order valence-electron chi connectivity index (χ0n) is 16.5. The number of nitrogens with one attached hydrogen (secondary N) is 2.